The second-order valence-electron chi connectivity index (χ2n) is 4.39. The summed E-state index contributed by atoms with van der Waals surface area (Å²) >= 11 is 0. The molecule has 0 spiro atoms. The van der Waals surface area contributed by atoms with Crippen LogP contribution in [-0.4, -0.2) is 44.4 Å². The highest BCUT2D eigenvalue weighted by Crippen LogP contribution is 2.26. The van der Waals surface area contributed by atoms with Crippen LogP contribution in [0.25, 0.3) is 0 Å². The van der Waals surface area contributed by atoms with Crippen molar-refractivity contribution < 1.29 is 24.2 Å². The third kappa shape index (κ3) is 5.10. The van der Waals surface area contributed by atoms with Gasteiger partial charge in [0.15, 0.2) is 0 Å². The van der Waals surface area contributed by atoms with Gasteiger partial charge in [-0.2, -0.15) is 0 Å². The molecule has 1 aromatic rings. The molecule has 7 heteroatoms. The number of rotatable bonds is 7. The maximum atomic E-state index is 12.0. The van der Waals surface area contributed by atoms with E-state index in [1.54, 1.807) is 12.1 Å². The maximum Gasteiger partial charge on any atom is 0.332 e. The van der Waals surface area contributed by atoms with Crippen LogP contribution < -0.4 is 15.4 Å². The number of carbonyl (C=O) groups excluding carboxylic acids is 2. The zero-order chi connectivity index (χ0) is 16.5. The molecule has 22 heavy (non-hydrogen) atoms. The minimum atomic E-state index is -0.673. The van der Waals surface area contributed by atoms with Gasteiger partial charge in [-0.3, -0.25) is 4.79 Å². The number of amides is 1. The number of methoxy groups -OCH3 is 2. The highest BCUT2D eigenvalue weighted by Gasteiger charge is 2.14. The summed E-state index contributed by atoms with van der Waals surface area (Å²) in [6, 6.07) is 5.39. The van der Waals surface area contributed by atoms with Crippen molar-refractivity contribution in [3.63, 3.8) is 0 Å². The number of anilines is 1. The van der Waals surface area contributed by atoms with Gasteiger partial charge < -0.3 is 25.2 Å². The van der Waals surface area contributed by atoms with Crippen LogP contribution in [0.5, 0.6) is 5.75 Å². The van der Waals surface area contributed by atoms with Crippen molar-refractivity contribution in [1.82, 2.24) is 5.32 Å². The van der Waals surface area contributed by atoms with E-state index >= 15 is 0 Å². The first-order chi connectivity index (χ1) is 10.5. The highest BCUT2D eigenvalue weighted by atomic mass is 16.5. The van der Waals surface area contributed by atoms with Gasteiger partial charge >= 0.3 is 5.97 Å². The topological polar surface area (TPSA) is 96.9 Å². The summed E-state index contributed by atoms with van der Waals surface area (Å²) in [6.45, 7) is 1.76. The number of aliphatic hydroxyl groups is 1. The lowest BCUT2D eigenvalue weighted by molar-refractivity contribution is -0.135. The van der Waals surface area contributed by atoms with Crippen molar-refractivity contribution >= 4 is 17.6 Å². The van der Waals surface area contributed by atoms with Gasteiger partial charge in [0.05, 0.1) is 32.6 Å². The van der Waals surface area contributed by atoms with E-state index in [9.17, 15) is 9.59 Å². The van der Waals surface area contributed by atoms with E-state index in [4.69, 9.17) is 9.84 Å². The van der Waals surface area contributed by atoms with Gasteiger partial charge in [-0.1, -0.05) is 6.07 Å². The number of nitrogens with one attached hydrogen (secondary N) is 2. The summed E-state index contributed by atoms with van der Waals surface area (Å²) in [4.78, 5) is 23.5. The molecule has 3 N–H and O–H groups in total. The van der Waals surface area contributed by atoms with Crippen molar-refractivity contribution in [2.45, 2.75) is 6.92 Å². The van der Waals surface area contributed by atoms with E-state index in [2.05, 4.69) is 15.4 Å². The standard InChI is InChI=1S/C15H20N2O5/c1-10-4-5-13(21-2)11(8-10)17-12(9-14(19)22-3)15(20)16-6-7-18/h4-5,8-9,17-18H,6-7H2,1-3H3,(H,16,20)/b12-9-. The molecule has 0 unspecified atom stereocenters. The maximum absolute atomic E-state index is 12.0. The minimum Gasteiger partial charge on any atom is -0.495 e. The molecule has 1 rings (SSSR count). The quantitative estimate of drug-likeness (QED) is 0.504. The van der Waals surface area contributed by atoms with Gasteiger partial charge in [0.25, 0.3) is 5.91 Å². The third-order valence-electron chi connectivity index (χ3n) is 2.73. The second-order valence-corrected chi connectivity index (χ2v) is 4.39. The Balaban J connectivity index is 3.07. The number of benzene rings is 1. The molecule has 1 aromatic carbocycles. The monoisotopic (exact) mass is 308 g/mol. The van der Waals surface area contributed by atoms with E-state index in [1.165, 1.54) is 14.2 Å². The predicted octanol–water partition coefficient (Wildman–Crippen LogP) is 0.581. The van der Waals surface area contributed by atoms with Crippen molar-refractivity contribution in [1.29, 1.82) is 0 Å². The number of hydrogen-bond acceptors (Lipinski definition) is 6. The molecule has 0 aromatic heterocycles. The molecule has 1 amide bonds. The molecule has 0 saturated heterocycles. The first-order valence-electron chi connectivity index (χ1n) is 6.62. The molecule has 0 fully saturated rings. The smallest absolute Gasteiger partial charge is 0.332 e. The Morgan fingerprint density at radius 3 is 2.64 bits per heavy atom. The average molecular weight is 308 g/mol. The predicted molar refractivity (Wildman–Crippen MR) is 81.5 cm³/mol. The Morgan fingerprint density at radius 1 is 1.32 bits per heavy atom. The number of ether oxygens (including phenoxy) is 2. The lowest BCUT2D eigenvalue weighted by Crippen LogP contribution is -2.31. The van der Waals surface area contributed by atoms with Crippen LogP contribution >= 0.6 is 0 Å². The molecule has 120 valence electrons. The van der Waals surface area contributed by atoms with Crippen LogP contribution in [0, 0.1) is 6.92 Å². The normalized spacial score (nSPS) is 10.8. The summed E-state index contributed by atoms with van der Waals surface area (Å²) < 4.78 is 9.75. The number of hydrogen-bond donors (Lipinski definition) is 3. The van der Waals surface area contributed by atoms with E-state index in [1.807, 2.05) is 13.0 Å². The molecule has 0 bridgehead atoms. The summed E-state index contributed by atoms with van der Waals surface area (Å²) in [7, 11) is 2.72. The fourth-order valence-electron chi connectivity index (χ4n) is 1.66. The summed E-state index contributed by atoms with van der Waals surface area (Å²) in [5.74, 6) is -0.687. The van der Waals surface area contributed by atoms with Gasteiger partial charge in [-0.25, -0.2) is 4.79 Å². The van der Waals surface area contributed by atoms with Gasteiger partial charge in [-0.05, 0) is 24.6 Å². The fourth-order valence-corrected chi connectivity index (χ4v) is 1.66. The van der Waals surface area contributed by atoms with Crippen LogP contribution in [0.4, 0.5) is 5.69 Å². The van der Waals surface area contributed by atoms with Gasteiger partial charge in [0.2, 0.25) is 0 Å². The Labute approximate surface area is 128 Å². The number of carbonyl (C=O) groups is 2. The molecule has 7 nitrogen and oxygen atoms in total. The zero-order valence-corrected chi connectivity index (χ0v) is 12.8. The molecule has 0 saturated carbocycles. The lowest BCUT2D eigenvalue weighted by atomic mass is 10.2. The number of aliphatic hydroxyl groups excluding tert-OH is 1. The molecule has 0 atom stereocenters. The third-order valence-corrected chi connectivity index (χ3v) is 2.73. The van der Waals surface area contributed by atoms with Crippen LogP contribution in [0.3, 0.4) is 0 Å². The van der Waals surface area contributed by atoms with E-state index in [0.717, 1.165) is 11.6 Å². The Hall–Kier alpha value is -2.54. The van der Waals surface area contributed by atoms with Crippen LogP contribution in [0.2, 0.25) is 0 Å². The highest BCUT2D eigenvalue weighted by molar-refractivity contribution is 6.02. The minimum absolute atomic E-state index is 0.01000. The summed E-state index contributed by atoms with van der Waals surface area (Å²) in [5, 5.41) is 14.1. The average Bonchev–Trinajstić information content (AvgIpc) is 2.51. The van der Waals surface area contributed by atoms with Crippen LogP contribution in [-0.2, 0) is 14.3 Å². The van der Waals surface area contributed by atoms with Crippen molar-refractivity contribution in [2.24, 2.45) is 0 Å². The molecule has 0 radical (unpaired) electrons. The first kappa shape index (κ1) is 17.5. The second kappa shape index (κ2) is 8.68. The SMILES string of the molecule is COC(=O)/C=C(\Nc1cc(C)ccc1OC)C(=O)NCCO. The Morgan fingerprint density at radius 2 is 2.05 bits per heavy atom. The molecule has 0 aliphatic rings. The molecule has 0 aliphatic heterocycles. The molecular weight excluding hydrogens is 288 g/mol. The van der Waals surface area contributed by atoms with Crippen molar-refractivity contribution in [3.8, 4) is 5.75 Å². The molecule has 0 heterocycles. The summed E-state index contributed by atoms with van der Waals surface area (Å²) in [5.41, 5.74) is 1.48. The molecular formula is C15H20N2O5. The Bertz CT molecular complexity index is 569. The van der Waals surface area contributed by atoms with Crippen molar-refractivity contribution in [2.75, 3.05) is 32.7 Å². The first-order valence-corrected chi connectivity index (χ1v) is 6.62. The fraction of sp³-hybridized carbons (Fsp3) is 0.333. The van der Waals surface area contributed by atoms with E-state index in [-0.39, 0.29) is 18.8 Å². The van der Waals surface area contributed by atoms with Crippen LogP contribution in [0.15, 0.2) is 30.0 Å². The van der Waals surface area contributed by atoms with Gasteiger partial charge in [0, 0.05) is 6.54 Å². The van der Waals surface area contributed by atoms with Crippen LogP contribution in [0.1, 0.15) is 5.56 Å². The lowest BCUT2D eigenvalue weighted by Gasteiger charge is -2.14. The summed E-state index contributed by atoms with van der Waals surface area (Å²) in [6.07, 6.45) is 1.04. The van der Waals surface area contributed by atoms with E-state index < -0.39 is 11.9 Å². The number of esters is 1. The van der Waals surface area contributed by atoms with Gasteiger partial charge in [-0.15, -0.1) is 0 Å². The number of aryl methyl sites for hydroxylation is 1. The molecule has 0 aliphatic carbocycles. The van der Waals surface area contributed by atoms with Gasteiger partial charge in [0.1, 0.15) is 11.4 Å². The van der Waals surface area contributed by atoms with Crippen molar-refractivity contribution in [3.05, 3.63) is 35.5 Å². The Kier molecular flexibility index (Phi) is 6.91. The zero-order valence-electron chi connectivity index (χ0n) is 12.8. The largest absolute Gasteiger partial charge is 0.495 e. The van der Waals surface area contributed by atoms with E-state index in [0.29, 0.717) is 11.4 Å².